The molecule has 1 atom stereocenters. The topological polar surface area (TPSA) is 46.3 Å². The predicted octanol–water partition coefficient (Wildman–Crippen LogP) is 4.68. The first-order valence-electron chi connectivity index (χ1n) is 9.52. The van der Waals surface area contributed by atoms with E-state index in [0.717, 1.165) is 29.7 Å². The lowest BCUT2D eigenvalue weighted by Crippen LogP contribution is -2.35. The van der Waals surface area contributed by atoms with Gasteiger partial charge >= 0.3 is 6.18 Å². The van der Waals surface area contributed by atoms with Gasteiger partial charge in [-0.05, 0) is 37.1 Å². The van der Waals surface area contributed by atoms with Gasteiger partial charge in [-0.2, -0.15) is 13.2 Å². The zero-order chi connectivity index (χ0) is 20.0. The number of para-hydroxylation sites is 1. The lowest BCUT2D eigenvalue weighted by molar-refractivity contribution is -0.140. The first kappa shape index (κ1) is 17.9. The summed E-state index contributed by atoms with van der Waals surface area (Å²) in [4.78, 5) is 5.86. The van der Waals surface area contributed by atoms with Crippen molar-refractivity contribution >= 4 is 22.2 Å². The van der Waals surface area contributed by atoms with Crippen LogP contribution in [0, 0.1) is 0 Å². The van der Waals surface area contributed by atoms with Crippen LogP contribution in [0.2, 0.25) is 0 Å². The minimum atomic E-state index is -4.49. The molecule has 1 unspecified atom stereocenters. The standard InChI is InChI=1S/C21H18F3N5/c22-21(23,24)18-12-17(15-7-1-2-8-16(15)25-18)28-10-5-6-14(13-28)20-27-26-19-9-3-4-11-29(19)20/h1-4,7-9,11-12,14H,5-6,10,13H2. The Labute approximate surface area is 164 Å². The van der Waals surface area contributed by atoms with Gasteiger partial charge in [-0.15, -0.1) is 10.2 Å². The molecule has 4 heterocycles. The quantitative estimate of drug-likeness (QED) is 0.493. The molecule has 0 spiro atoms. The van der Waals surface area contributed by atoms with Crippen LogP contribution < -0.4 is 4.90 Å². The summed E-state index contributed by atoms with van der Waals surface area (Å²) in [5, 5.41) is 9.31. The number of hydrogen-bond acceptors (Lipinski definition) is 4. The second kappa shape index (κ2) is 6.72. The zero-order valence-corrected chi connectivity index (χ0v) is 15.5. The molecule has 0 saturated carbocycles. The van der Waals surface area contributed by atoms with Crippen molar-refractivity contribution in [2.75, 3.05) is 18.0 Å². The lowest BCUT2D eigenvalue weighted by Gasteiger charge is -2.34. The molecule has 1 aliphatic rings. The van der Waals surface area contributed by atoms with Crippen LogP contribution in [-0.4, -0.2) is 32.7 Å². The van der Waals surface area contributed by atoms with Gasteiger partial charge in [0.25, 0.3) is 0 Å². The summed E-state index contributed by atoms with van der Waals surface area (Å²) in [7, 11) is 0. The van der Waals surface area contributed by atoms with Crippen LogP contribution in [0.4, 0.5) is 18.9 Å². The maximum Gasteiger partial charge on any atom is 0.433 e. The average Bonchev–Trinajstić information content (AvgIpc) is 3.16. The molecule has 29 heavy (non-hydrogen) atoms. The fraction of sp³-hybridized carbons (Fsp3) is 0.286. The van der Waals surface area contributed by atoms with E-state index in [0.29, 0.717) is 24.3 Å². The summed E-state index contributed by atoms with van der Waals surface area (Å²) >= 11 is 0. The number of anilines is 1. The third-order valence-electron chi connectivity index (χ3n) is 5.45. The van der Waals surface area contributed by atoms with Crippen molar-refractivity contribution in [3.63, 3.8) is 0 Å². The fourth-order valence-electron chi connectivity index (χ4n) is 4.11. The molecule has 148 valence electrons. The Morgan fingerprint density at radius 3 is 2.69 bits per heavy atom. The SMILES string of the molecule is FC(F)(F)c1cc(N2CCCC(c3nnc4ccccn34)C2)c2ccccc2n1. The number of alkyl halides is 3. The summed E-state index contributed by atoms with van der Waals surface area (Å²) in [6.07, 6.45) is -0.782. The first-order valence-corrected chi connectivity index (χ1v) is 9.52. The highest BCUT2D eigenvalue weighted by Crippen LogP contribution is 2.37. The Hall–Kier alpha value is -3.16. The Balaban J connectivity index is 1.56. The van der Waals surface area contributed by atoms with E-state index in [-0.39, 0.29) is 5.92 Å². The van der Waals surface area contributed by atoms with Gasteiger partial charge in [0.05, 0.1) is 5.52 Å². The van der Waals surface area contributed by atoms with E-state index in [1.54, 1.807) is 12.1 Å². The van der Waals surface area contributed by atoms with Crippen molar-refractivity contribution in [3.05, 3.63) is 66.2 Å². The number of halogens is 3. The van der Waals surface area contributed by atoms with E-state index >= 15 is 0 Å². The molecule has 0 radical (unpaired) electrons. The number of hydrogen-bond donors (Lipinski definition) is 0. The van der Waals surface area contributed by atoms with Gasteiger partial charge in [0.1, 0.15) is 11.5 Å². The molecule has 1 aliphatic heterocycles. The van der Waals surface area contributed by atoms with Gasteiger partial charge < -0.3 is 4.90 Å². The summed E-state index contributed by atoms with van der Waals surface area (Å²) in [6, 6.07) is 13.9. The van der Waals surface area contributed by atoms with Crippen molar-refractivity contribution in [2.45, 2.75) is 24.9 Å². The number of rotatable bonds is 2. The minimum Gasteiger partial charge on any atom is -0.370 e. The van der Waals surface area contributed by atoms with Gasteiger partial charge in [0.2, 0.25) is 0 Å². The fourth-order valence-corrected chi connectivity index (χ4v) is 4.11. The van der Waals surface area contributed by atoms with Crippen molar-refractivity contribution < 1.29 is 13.2 Å². The molecular weight excluding hydrogens is 379 g/mol. The molecule has 5 nitrogen and oxygen atoms in total. The van der Waals surface area contributed by atoms with Crippen molar-refractivity contribution in [1.82, 2.24) is 19.6 Å². The highest BCUT2D eigenvalue weighted by molar-refractivity contribution is 5.92. The Bertz CT molecular complexity index is 1180. The summed E-state index contributed by atoms with van der Waals surface area (Å²) in [5.74, 6) is 0.933. The molecule has 0 amide bonds. The second-order valence-electron chi connectivity index (χ2n) is 7.31. The Morgan fingerprint density at radius 1 is 1.00 bits per heavy atom. The van der Waals surface area contributed by atoms with Gasteiger partial charge in [-0.25, -0.2) is 4.98 Å². The second-order valence-corrected chi connectivity index (χ2v) is 7.31. The van der Waals surface area contributed by atoms with Crippen LogP contribution in [0.3, 0.4) is 0 Å². The van der Waals surface area contributed by atoms with Crippen LogP contribution in [0.15, 0.2) is 54.7 Å². The lowest BCUT2D eigenvalue weighted by atomic mass is 9.96. The van der Waals surface area contributed by atoms with E-state index in [1.807, 2.05) is 45.8 Å². The molecule has 3 aromatic heterocycles. The molecule has 1 aromatic carbocycles. The van der Waals surface area contributed by atoms with E-state index in [9.17, 15) is 13.2 Å². The number of pyridine rings is 2. The molecular formula is C21H18F3N5. The first-order chi connectivity index (χ1) is 14.0. The molecule has 0 aliphatic carbocycles. The zero-order valence-electron chi connectivity index (χ0n) is 15.5. The molecule has 0 N–H and O–H groups in total. The van der Waals surface area contributed by atoms with Crippen LogP contribution in [0.1, 0.15) is 30.3 Å². The largest absolute Gasteiger partial charge is 0.433 e. The van der Waals surface area contributed by atoms with E-state index in [1.165, 1.54) is 6.07 Å². The Kier molecular flexibility index (Phi) is 4.15. The van der Waals surface area contributed by atoms with Crippen molar-refractivity contribution in [1.29, 1.82) is 0 Å². The summed E-state index contributed by atoms with van der Waals surface area (Å²) in [5.41, 5.74) is 0.836. The van der Waals surface area contributed by atoms with E-state index in [4.69, 9.17) is 0 Å². The Morgan fingerprint density at radius 2 is 1.83 bits per heavy atom. The summed E-state index contributed by atoms with van der Waals surface area (Å²) in [6.45, 7) is 1.28. The summed E-state index contributed by atoms with van der Waals surface area (Å²) < 4.78 is 42.3. The molecule has 1 saturated heterocycles. The number of benzene rings is 1. The predicted molar refractivity (Wildman–Crippen MR) is 104 cm³/mol. The molecule has 4 aromatic rings. The van der Waals surface area contributed by atoms with Crippen LogP contribution in [0.5, 0.6) is 0 Å². The monoisotopic (exact) mass is 397 g/mol. The minimum absolute atomic E-state index is 0.0856. The van der Waals surface area contributed by atoms with Gasteiger partial charge in [0.15, 0.2) is 5.65 Å². The number of piperidine rings is 1. The highest BCUT2D eigenvalue weighted by Gasteiger charge is 2.35. The van der Waals surface area contributed by atoms with Crippen LogP contribution in [0.25, 0.3) is 16.6 Å². The van der Waals surface area contributed by atoms with Gasteiger partial charge in [0, 0.05) is 36.3 Å². The van der Waals surface area contributed by atoms with Crippen LogP contribution in [-0.2, 0) is 6.18 Å². The van der Waals surface area contributed by atoms with E-state index in [2.05, 4.69) is 15.2 Å². The number of nitrogens with zero attached hydrogens (tertiary/aromatic N) is 5. The third kappa shape index (κ3) is 3.18. The third-order valence-corrected chi connectivity index (χ3v) is 5.45. The van der Waals surface area contributed by atoms with Crippen LogP contribution >= 0.6 is 0 Å². The van der Waals surface area contributed by atoms with Crippen molar-refractivity contribution in [3.8, 4) is 0 Å². The molecule has 5 rings (SSSR count). The van der Waals surface area contributed by atoms with E-state index < -0.39 is 11.9 Å². The highest BCUT2D eigenvalue weighted by atomic mass is 19.4. The maximum absolute atomic E-state index is 13.4. The number of fused-ring (bicyclic) bond motifs is 2. The number of aromatic nitrogens is 4. The normalized spacial score (nSPS) is 17.9. The van der Waals surface area contributed by atoms with Gasteiger partial charge in [-0.1, -0.05) is 24.3 Å². The average molecular weight is 397 g/mol. The smallest absolute Gasteiger partial charge is 0.370 e. The van der Waals surface area contributed by atoms with Gasteiger partial charge in [-0.3, -0.25) is 4.40 Å². The molecule has 1 fully saturated rings. The van der Waals surface area contributed by atoms with Crippen molar-refractivity contribution in [2.24, 2.45) is 0 Å². The molecule has 8 heteroatoms. The molecule has 0 bridgehead atoms. The maximum atomic E-state index is 13.4.